The maximum Gasteiger partial charge on any atom is 0.331 e. The second kappa shape index (κ2) is 11.1. The summed E-state index contributed by atoms with van der Waals surface area (Å²) >= 11 is 0. The molecule has 186 valence electrons. The van der Waals surface area contributed by atoms with Crippen molar-refractivity contribution < 1.29 is 9.53 Å². The van der Waals surface area contributed by atoms with Crippen molar-refractivity contribution in [3.8, 4) is 5.75 Å². The Bertz CT molecular complexity index is 1330. The Hall–Kier alpha value is -3.40. The summed E-state index contributed by atoms with van der Waals surface area (Å²) in [5, 5.41) is 1.21. The average Bonchev–Trinajstić information content (AvgIpc) is 2.92. The third-order valence-corrected chi connectivity index (χ3v) is 7.81. The fourth-order valence-electron chi connectivity index (χ4n) is 5.82. The van der Waals surface area contributed by atoms with E-state index in [1.54, 1.807) is 0 Å². The highest BCUT2D eigenvalue weighted by molar-refractivity contribution is 5.94. The number of carbonyl (C=O) groups excluding carboxylic acids is 1. The summed E-state index contributed by atoms with van der Waals surface area (Å²) in [6.07, 6.45) is 10.6. The van der Waals surface area contributed by atoms with Crippen molar-refractivity contribution >= 4 is 27.8 Å². The van der Waals surface area contributed by atoms with Gasteiger partial charge in [0.1, 0.15) is 12.3 Å². The van der Waals surface area contributed by atoms with E-state index in [1.807, 2.05) is 65.2 Å². The largest absolute Gasteiger partial charge is 0.425 e. The van der Waals surface area contributed by atoms with Gasteiger partial charge in [-0.3, -0.25) is 4.79 Å². The molecule has 1 aromatic heterocycles. The van der Waals surface area contributed by atoms with Crippen LogP contribution in [-0.2, 0) is 11.3 Å². The number of pyridine rings is 1. The first kappa shape index (κ1) is 24.3. The lowest BCUT2D eigenvalue weighted by Gasteiger charge is -2.29. The molecule has 0 N–H and O–H groups in total. The number of ether oxygens (including phenoxy) is 1. The molecule has 0 bridgehead atoms. The molecule has 1 heterocycles. The average molecular weight is 482 g/mol. The molecule has 4 nitrogen and oxygen atoms in total. The summed E-state index contributed by atoms with van der Waals surface area (Å²) < 4.78 is 7.60. The highest BCUT2D eigenvalue weighted by atomic mass is 16.5. The standard InChI is InChI=1S/C32H35NO3/c1-2-3-4-9-23-14-16-24(17-15-23)25-18-20-26(21-19-25)36-31(34)22-33-29-12-7-5-10-27(29)32(35)28-11-6-8-13-30(28)33/h5-8,10-13,18-21,23-24H,2-4,9,14-17,22H2,1H3. The molecule has 0 amide bonds. The first-order valence-corrected chi connectivity index (χ1v) is 13.4. The molecular formula is C32H35NO3. The number of carbonyl (C=O) groups is 1. The molecule has 0 unspecified atom stereocenters. The summed E-state index contributed by atoms with van der Waals surface area (Å²) in [5.74, 6) is 1.71. The second-order valence-corrected chi connectivity index (χ2v) is 10.2. The van der Waals surface area contributed by atoms with Crippen LogP contribution < -0.4 is 10.2 Å². The number of hydrogen-bond acceptors (Lipinski definition) is 3. The monoisotopic (exact) mass is 481 g/mol. The van der Waals surface area contributed by atoms with Crippen LogP contribution in [0.5, 0.6) is 5.75 Å². The van der Waals surface area contributed by atoms with Crippen molar-refractivity contribution in [2.45, 2.75) is 70.8 Å². The normalized spacial score (nSPS) is 17.9. The van der Waals surface area contributed by atoms with E-state index in [4.69, 9.17) is 4.74 Å². The summed E-state index contributed by atoms with van der Waals surface area (Å²) in [6, 6.07) is 22.9. The number of benzene rings is 3. The minimum absolute atomic E-state index is 0.0172. The molecule has 3 aromatic carbocycles. The Morgan fingerprint density at radius 2 is 1.44 bits per heavy atom. The molecule has 1 aliphatic carbocycles. The lowest BCUT2D eigenvalue weighted by Crippen LogP contribution is -2.20. The number of rotatable bonds is 8. The van der Waals surface area contributed by atoms with Gasteiger partial charge in [-0.25, -0.2) is 4.79 Å². The van der Waals surface area contributed by atoms with Crippen molar-refractivity contribution in [2.75, 3.05) is 0 Å². The second-order valence-electron chi connectivity index (χ2n) is 10.2. The van der Waals surface area contributed by atoms with Crippen molar-refractivity contribution in [2.24, 2.45) is 5.92 Å². The molecule has 4 heteroatoms. The van der Waals surface area contributed by atoms with Gasteiger partial charge in [0.25, 0.3) is 0 Å². The zero-order valence-electron chi connectivity index (χ0n) is 21.1. The van der Waals surface area contributed by atoms with Gasteiger partial charge in [-0.1, -0.05) is 69.0 Å². The SMILES string of the molecule is CCCCCC1CCC(c2ccc(OC(=O)Cn3c4ccccc4c(=O)c4ccccc43)cc2)CC1. The molecule has 0 atom stereocenters. The Morgan fingerprint density at radius 1 is 0.833 bits per heavy atom. The maximum atomic E-state index is 13.0. The Kier molecular flexibility index (Phi) is 7.50. The van der Waals surface area contributed by atoms with E-state index in [0.29, 0.717) is 22.4 Å². The van der Waals surface area contributed by atoms with Crippen LogP contribution in [0.2, 0.25) is 0 Å². The maximum absolute atomic E-state index is 13.0. The summed E-state index contributed by atoms with van der Waals surface area (Å²) in [5.41, 5.74) is 2.80. The van der Waals surface area contributed by atoms with Gasteiger partial charge in [0.05, 0.1) is 11.0 Å². The van der Waals surface area contributed by atoms with Crippen LogP contribution in [0.3, 0.4) is 0 Å². The van der Waals surface area contributed by atoms with E-state index in [0.717, 1.165) is 17.0 Å². The third-order valence-electron chi connectivity index (χ3n) is 7.81. The van der Waals surface area contributed by atoms with Crippen LogP contribution in [-0.4, -0.2) is 10.5 Å². The van der Waals surface area contributed by atoms with Crippen molar-refractivity contribution in [3.63, 3.8) is 0 Å². The molecular weight excluding hydrogens is 446 g/mol. The van der Waals surface area contributed by atoms with Crippen LogP contribution in [0.25, 0.3) is 21.8 Å². The highest BCUT2D eigenvalue weighted by Gasteiger charge is 2.22. The van der Waals surface area contributed by atoms with Gasteiger partial charge in [-0.15, -0.1) is 0 Å². The highest BCUT2D eigenvalue weighted by Crippen LogP contribution is 2.38. The van der Waals surface area contributed by atoms with Gasteiger partial charge in [-0.05, 0) is 79.5 Å². The van der Waals surface area contributed by atoms with Crippen molar-refractivity contribution in [1.29, 1.82) is 0 Å². The summed E-state index contributed by atoms with van der Waals surface area (Å²) in [7, 11) is 0. The third kappa shape index (κ3) is 5.23. The first-order valence-electron chi connectivity index (χ1n) is 13.4. The van der Waals surface area contributed by atoms with E-state index in [2.05, 4.69) is 19.1 Å². The van der Waals surface area contributed by atoms with E-state index in [1.165, 1.54) is 56.9 Å². The minimum Gasteiger partial charge on any atom is -0.425 e. The predicted molar refractivity (Wildman–Crippen MR) is 147 cm³/mol. The quantitative estimate of drug-likeness (QED) is 0.113. The predicted octanol–water partition coefficient (Wildman–Crippen LogP) is 7.61. The van der Waals surface area contributed by atoms with Crippen LogP contribution in [0, 0.1) is 5.92 Å². The van der Waals surface area contributed by atoms with Crippen LogP contribution >= 0.6 is 0 Å². The van der Waals surface area contributed by atoms with E-state index < -0.39 is 0 Å². The number of unbranched alkanes of at least 4 members (excludes halogenated alkanes) is 2. The van der Waals surface area contributed by atoms with Crippen LogP contribution in [0.1, 0.15) is 69.8 Å². The number of hydrogen-bond donors (Lipinski definition) is 0. The number of para-hydroxylation sites is 2. The lowest BCUT2D eigenvalue weighted by atomic mass is 9.77. The number of nitrogens with zero attached hydrogens (tertiary/aromatic N) is 1. The van der Waals surface area contributed by atoms with Crippen LogP contribution in [0.4, 0.5) is 0 Å². The van der Waals surface area contributed by atoms with Gasteiger partial charge in [0.2, 0.25) is 0 Å². The van der Waals surface area contributed by atoms with Gasteiger partial charge in [-0.2, -0.15) is 0 Å². The molecule has 0 radical (unpaired) electrons. The molecule has 0 saturated heterocycles. The molecule has 0 aliphatic heterocycles. The fraction of sp³-hybridized carbons (Fsp3) is 0.375. The smallest absolute Gasteiger partial charge is 0.331 e. The molecule has 1 saturated carbocycles. The van der Waals surface area contributed by atoms with Gasteiger partial charge < -0.3 is 9.30 Å². The number of esters is 1. The zero-order chi connectivity index (χ0) is 24.9. The van der Waals surface area contributed by atoms with E-state index >= 15 is 0 Å². The topological polar surface area (TPSA) is 48.3 Å². The summed E-state index contributed by atoms with van der Waals surface area (Å²) in [6.45, 7) is 2.30. The van der Waals surface area contributed by atoms with Crippen molar-refractivity contribution in [1.82, 2.24) is 4.57 Å². The minimum atomic E-state index is -0.353. The Morgan fingerprint density at radius 3 is 2.06 bits per heavy atom. The Balaban J connectivity index is 1.26. The van der Waals surface area contributed by atoms with Crippen LogP contribution in [0.15, 0.2) is 77.6 Å². The van der Waals surface area contributed by atoms with E-state index in [9.17, 15) is 9.59 Å². The first-order chi connectivity index (χ1) is 17.6. The zero-order valence-corrected chi connectivity index (χ0v) is 21.1. The number of fused-ring (bicyclic) bond motifs is 2. The fourth-order valence-corrected chi connectivity index (χ4v) is 5.82. The molecule has 36 heavy (non-hydrogen) atoms. The molecule has 5 rings (SSSR count). The molecule has 1 aliphatic rings. The van der Waals surface area contributed by atoms with Gasteiger partial charge >= 0.3 is 5.97 Å². The number of aromatic nitrogens is 1. The lowest BCUT2D eigenvalue weighted by molar-refractivity contribution is -0.134. The van der Waals surface area contributed by atoms with Crippen molar-refractivity contribution in [3.05, 3.63) is 88.6 Å². The molecule has 4 aromatic rings. The molecule has 1 fully saturated rings. The molecule has 0 spiro atoms. The van der Waals surface area contributed by atoms with E-state index in [-0.39, 0.29) is 17.9 Å². The van der Waals surface area contributed by atoms with Gasteiger partial charge in [0, 0.05) is 10.8 Å². The summed E-state index contributed by atoms with van der Waals surface area (Å²) in [4.78, 5) is 25.9. The Labute approximate surface area is 212 Å². The van der Waals surface area contributed by atoms with Gasteiger partial charge in [0.15, 0.2) is 5.43 Å².